The summed E-state index contributed by atoms with van der Waals surface area (Å²) in [5.74, 6) is 0.827. The molecule has 5 heteroatoms. The van der Waals surface area contributed by atoms with Crippen molar-refractivity contribution in [2.45, 2.75) is 45.3 Å². The average Bonchev–Trinajstić information content (AvgIpc) is 3.22. The van der Waals surface area contributed by atoms with Crippen molar-refractivity contribution in [1.82, 2.24) is 4.98 Å². The van der Waals surface area contributed by atoms with Crippen LogP contribution in [0.5, 0.6) is 5.75 Å². The van der Waals surface area contributed by atoms with Crippen molar-refractivity contribution in [3.05, 3.63) is 94.1 Å². The van der Waals surface area contributed by atoms with Crippen LogP contribution in [-0.2, 0) is 6.42 Å². The first-order chi connectivity index (χ1) is 16.5. The van der Waals surface area contributed by atoms with Gasteiger partial charge in [-0.25, -0.2) is 0 Å². The van der Waals surface area contributed by atoms with Gasteiger partial charge in [0, 0.05) is 40.3 Å². The van der Waals surface area contributed by atoms with Crippen LogP contribution in [0.2, 0.25) is 5.02 Å². The van der Waals surface area contributed by atoms with Crippen LogP contribution >= 0.6 is 11.6 Å². The van der Waals surface area contributed by atoms with E-state index in [2.05, 4.69) is 65.3 Å². The maximum absolute atomic E-state index is 9.78. The second-order valence-corrected chi connectivity index (χ2v) is 9.59. The molecule has 1 aliphatic heterocycles. The number of aliphatic hydroxyl groups excluding tert-OH is 1. The fourth-order valence-corrected chi connectivity index (χ4v) is 5.06. The summed E-state index contributed by atoms with van der Waals surface area (Å²) in [6.07, 6.45) is 2.04. The van der Waals surface area contributed by atoms with E-state index in [1.807, 2.05) is 25.1 Å². The Labute approximate surface area is 206 Å². The first kappa shape index (κ1) is 22.8. The number of aromatic nitrogens is 1. The van der Waals surface area contributed by atoms with Crippen molar-refractivity contribution in [2.75, 3.05) is 18.1 Å². The largest absolute Gasteiger partial charge is 0.493 e. The molecule has 1 aromatic heterocycles. The number of H-pyrrole nitrogens is 1. The molecule has 2 heterocycles. The topological polar surface area (TPSA) is 48.5 Å². The smallest absolute Gasteiger partial charge is 0.119 e. The van der Waals surface area contributed by atoms with Gasteiger partial charge in [-0.15, -0.1) is 0 Å². The van der Waals surface area contributed by atoms with Crippen LogP contribution in [0, 0.1) is 6.92 Å². The van der Waals surface area contributed by atoms with E-state index in [1.165, 1.54) is 33.5 Å². The molecule has 3 aromatic carbocycles. The molecule has 1 aliphatic rings. The molecule has 0 saturated heterocycles. The summed E-state index contributed by atoms with van der Waals surface area (Å²) in [6.45, 7) is 5.54. The SMILES string of the molecule is CCC(O)CCOc1ccc(C2c3[nH]c4ccc(Cl)cc4c3CCN2c2ccc(C)cc2)cc1. The molecule has 0 amide bonds. The Morgan fingerprint density at radius 1 is 1.09 bits per heavy atom. The fraction of sp³-hybridized carbons (Fsp3) is 0.310. The van der Waals surface area contributed by atoms with E-state index in [-0.39, 0.29) is 12.1 Å². The van der Waals surface area contributed by atoms with Gasteiger partial charge < -0.3 is 19.7 Å². The van der Waals surface area contributed by atoms with Crippen LogP contribution in [0.4, 0.5) is 5.69 Å². The molecule has 4 aromatic rings. The molecular weight excluding hydrogens is 444 g/mol. The number of halogens is 1. The van der Waals surface area contributed by atoms with Gasteiger partial charge in [-0.2, -0.15) is 0 Å². The minimum Gasteiger partial charge on any atom is -0.493 e. The number of hydrogen-bond donors (Lipinski definition) is 2. The Hall–Kier alpha value is -2.95. The zero-order valence-corrected chi connectivity index (χ0v) is 20.5. The molecule has 0 aliphatic carbocycles. The molecule has 2 atom stereocenters. The van der Waals surface area contributed by atoms with E-state index in [0.29, 0.717) is 13.0 Å². The first-order valence-corrected chi connectivity index (χ1v) is 12.5. The van der Waals surface area contributed by atoms with Gasteiger partial charge in [-0.1, -0.05) is 48.4 Å². The fourth-order valence-electron chi connectivity index (χ4n) is 4.88. The summed E-state index contributed by atoms with van der Waals surface area (Å²) in [4.78, 5) is 6.19. The van der Waals surface area contributed by atoms with Crippen LogP contribution in [0.25, 0.3) is 10.9 Å². The summed E-state index contributed by atoms with van der Waals surface area (Å²) in [5, 5.41) is 11.8. The van der Waals surface area contributed by atoms with Gasteiger partial charge in [0.25, 0.3) is 0 Å². The lowest BCUT2D eigenvalue weighted by Gasteiger charge is -2.38. The molecule has 34 heavy (non-hydrogen) atoms. The molecule has 2 N–H and O–H groups in total. The van der Waals surface area contributed by atoms with Gasteiger partial charge in [0.2, 0.25) is 0 Å². The van der Waals surface area contributed by atoms with Gasteiger partial charge >= 0.3 is 0 Å². The van der Waals surface area contributed by atoms with Crippen molar-refractivity contribution in [3.63, 3.8) is 0 Å². The number of nitrogens with zero attached hydrogens (tertiary/aromatic N) is 1. The summed E-state index contributed by atoms with van der Waals surface area (Å²) >= 11 is 6.34. The van der Waals surface area contributed by atoms with Gasteiger partial charge in [0.1, 0.15) is 5.75 Å². The van der Waals surface area contributed by atoms with Crippen molar-refractivity contribution >= 4 is 28.2 Å². The summed E-state index contributed by atoms with van der Waals surface area (Å²) in [7, 11) is 0. The summed E-state index contributed by atoms with van der Waals surface area (Å²) in [5.41, 5.74) is 7.38. The highest BCUT2D eigenvalue weighted by Crippen LogP contribution is 2.41. The van der Waals surface area contributed by atoms with E-state index in [1.54, 1.807) is 0 Å². The Morgan fingerprint density at radius 3 is 2.59 bits per heavy atom. The number of aromatic amines is 1. The monoisotopic (exact) mass is 474 g/mol. The van der Waals surface area contributed by atoms with E-state index in [4.69, 9.17) is 16.3 Å². The number of anilines is 1. The van der Waals surface area contributed by atoms with Crippen molar-refractivity contribution in [2.24, 2.45) is 0 Å². The molecule has 0 fully saturated rings. The van der Waals surface area contributed by atoms with Crippen LogP contribution in [-0.4, -0.2) is 29.3 Å². The minimum absolute atomic E-state index is 0.0635. The van der Waals surface area contributed by atoms with Crippen molar-refractivity contribution in [3.8, 4) is 5.75 Å². The second-order valence-electron chi connectivity index (χ2n) is 9.16. The molecule has 176 valence electrons. The highest BCUT2D eigenvalue weighted by molar-refractivity contribution is 6.31. The third kappa shape index (κ3) is 4.53. The molecule has 0 spiro atoms. The zero-order valence-electron chi connectivity index (χ0n) is 19.7. The highest BCUT2D eigenvalue weighted by atomic mass is 35.5. The van der Waals surface area contributed by atoms with Crippen molar-refractivity contribution < 1.29 is 9.84 Å². The number of fused-ring (bicyclic) bond motifs is 3. The summed E-state index contributed by atoms with van der Waals surface area (Å²) in [6, 6.07) is 23.3. The van der Waals surface area contributed by atoms with Crippen molar-refractivity contribution in [1.29, 1.82) is 0 Å². The van der Waals surface area contributed by atoms with Crippen LogP contribution < -0.4 is 9.64 Å². The standard InChI is InChI=1S/C29H31ClN2O2/c1-3-23(33)15-17-34-24-11-6-20(7-12-24)29-28-25(26-18-21(30)8-13-27(26)31-28)14-16-32(29)22-9-4-19(2)5-10-22/h4-13,18,23,29,31,33H,3,14-17H2,1-2H3. The maximum Gasteiger partial charge on any atom is 0.119 e. The number of rotatable bonds is 7. The number of aliphatic hydroxyl groups is 1. The number of nitrogens with one attached hydrogen (secondary N) is 1. The van der Waals surface area contributed by atoms with E-state index in [9.17, 15) is 5.11 Å². The third-order valence-electron chi connectivity index (χ3n) is 6.84. The zero-order chi connectivity index (χ0) is 23.7. The molecule has 4 nitrogen and oxygen atoms in total. The van der Waals surface area contributed by atoms with E-state index < -0.39 is 0 Å². The highest BCUT2D eigenvalue weighted by Gasteiger charge is 2.32. The number of benzene rings is 3. The molecular formula is C29H31ClN2O2. The van der Waals surface area contributed by atoms with Crippen LogP contribution in [0.3, 0.4) is 0 Å². The van der Waals surface area contributed by atoms with Gasteiger partial charge in [-0.3, -0.25) is 0 Å². The summed E-state index contributed by atoms with van der Waals surface area (Å²) < 4.78 is 5.88. The quantitative estimate of drug-likeness (QED) is 0.309. The van der Waals surface area contributed by atoms with Crippen LogP contribution in [0.1, 0.15) is 48.2 Å². The second kappa shape index (κ2) is 9.73. The Morgan fingerprint density at radius 2 is 1.85 bits per heavy atom. The number of hydrogen-bond acceptors (Lipinski definition) is 3. The molecule has 0 radical (unpaired) electrons. The number of ether oxygens (including phenoxy) is 1. The average molecular weight is 475 g/mol. The first-order valence-electron chi connectivity index (χ1n) is 12.1. The van der Waals surface area contributed by atoms with Gasteiger partial charge in [-0.05, 0) is 73.4 Å². The predicted molar refractivity (Wildman–Crippen MR) is 140 cm³/mol. The minimum atomic E-state index is -0.307. The Balaban J connectivity index is 1.51. The number of aryl methyl sites for hydroxylation is 1. The lowest BCUT2D eigenvalue weighted by molar-refractivity contribution is 0.135. The van der Waals surface area contributed by atoms with Crippen LogP contribution in [0.15, 0.2) is 66.7 Å². The molecule has 0 bridgehead atoms. The van der Waals surface area contributed by atoms with Gasteiger partial charge in [0.05, 0.1) is 18.8 Å². The third-order valence-corrected chi connectivity index (χ3v) is 7.08. The van der Waals surface area contributed by atoms with E-state index >= 15 is 0 Å². The molecule has 5 rings (SSSR count). The van der Waals surface area contributed by atoms with Gasteiger partial charge in [0.15, 0.2) is 0 Å². The normalized spacial score (nSPS) is 16.5. The molecule has 2 unspecified atom stereocenters. The lowest BCUT2D eigenvalue weighted by atomic mass is 9.91. The maximum atomic E-state index is 9.78. The Kier molecular flexibility index (Phi) is 6.53. The lowest BCUT2D eigenvalue weighted by Crippen LogP contribution is -2.36. The molecule has 0 saturated carbocycles. The van der Waals surface area contributed by atoms with E-state index in [0.717, 1.165) is 35.7 Å². The predicted octanol–water partition coefficient (Wildman–Crippen LogP) is 6.82. The Bertz CT molecular complexity index is 1260.